The van der Waals surface area contributed by atoms with Gasteiger partial charge in [0, 0.05) is 5.02 Å². The summed E-state index contributed by atoms with van der Waals surface area (Å²) in [5.41, 5.74) is 3.87. The zero-order valence-corrected chi connectivity index (χ0v) is 13.7. The first-order valence-corrected chi connectivity index (χ1v) is 7.42. The van der Waals surface area contributed by atoms with Gasteiger partial charge >= 0.3 is 0 Å². The molecule has 0 unspecified atom stereocenters. The molecule has 0 atom stereocenters. The highest BCUT2D eigenvalue weighted by molar-refractivity contribution is 6.30. The molecule has 0 spiro atoms. The number of aryl methyl sites for hydroxylation is 2. The molecule has 2 aromatic rings. The third-order valence-electron chi connectivity index (χ3n) is 3.52. The third-order valence-corrected chi connectivity index (χ3v) is 3.76. The van der Waals surface area contributed by atoms with E-state index >= 15 is 0 Å². The molecule has 0 bridgehead atoms. The maximum Gasteiger partial charge on any atom is 0.137 e. The molecule has 22 heavy (non-hydrogen) atoms. The van der Waals surface area contributed by atoms with Crippen molar-refractivity contribution in [3.8, 4) is 17.6 Å². The highest BCUT2D eigenvalue weighted by atomic mass is 35.5. The van der Waals surface area contributed by atoms with E-state index in [4.69, 9.17) is 26.3 Å². The fraction of sp³-hybridized carbons (Fsp3) is 0.278. The van der Waals surface area contributed by atoms with Crippen LogP contribution in [0.1, 0.15) is 22.3 Å². The molecule has 0 aliphatic rings. The molecule has 2 aromatic carbocycles. The van der Waals surface area contributed by atoms with Gasteiger partial charge in [-0.25, -0.2) is 0 Å². The second-order valence-electron chi connectivity index (χ2n) is 5.10. The van der Waals surface area contributed by atoms with E-state index in [1.54, 1.807) is 18.2 Å². The van der Waals surface area contributed by atoms with Gasteiger partial charge in [0.1, 0.15) is 30.8 Å². The standard InChI is InChI=1S/C18H18ClNO2/c1-12-4-5-13(2)18(14(12)3)22-9-8-21-17-7-6-16(19)10-15(17)11-20/h4-7,10H,8-9H2,1-3H3. The predicted octanol–water partition coefficient (Wildman–Crippen LogP) is 4.59. The van der Waals surface area contributed by atoms with Gasteiger partial charge < -0.3 is 9.47 Å². The highest BCUT2D eigenvalue weighted by Crippen LogP contribution is 2.26. The maximum absolute atomic E-state index is 9.06. The Labute approximate surface area is 136 Å². The van der Waals surface area contributed by atoms with Gasteiger partial charge in [0.2, 0.25) is 0 Å². The van der Waals surface area contributed by atoms with Crippen LogP contribution in [0.2, 0.25) is 5.02 Å². The molecule has 0 N–H and O–H groups in total. The van der Waals surface area contributed by atoms with Crippen molar-refractivity contribution in [2.75, 3.05) is 13.2 Å². The molecule has 0 aliphatic carbocycles. The summed E-state index contributed by atoms with van der Waals surface area (Å²) in [7, 11) is 0. The van der Waals surface area contributed by atoms with Gasteiger partial charge in [0.05, 0.1) is 5.56 Å². The Morgan fingerprint density at radius 3 is 2.41 bits per heavy atom. The molecule has 0 aromatic heterocycles. The van der Waals surface area contributed by atoms with E-state index in [1.165, 1.54) is 5.56 Å². The number of benzene rings is 2. The minimum absolute atomic E-state index is 0.364. The first-order chi connectivity index (χ1) is 10.5. The van der Waals surface area contributed by atoms with Crippen molar-refractivity contribution in [3.63, 3.8) is 0 Å². The SMILES string of the molecule is Cc1ccc(C)c(OCCOc2ccc(Cl)cc2C#N)c1C. The predicted molar refractivity (Wildman–Crippen MR) is 87.8 cm³/mol. The summed E-state index contributed by atoms with van der Waals surface area (Å²) >= 11 is 5.86. The maximum atomic E-state index is 9.06. The van der Waals surface area contributed by atoms with Crippen LogP contribution >= 0.6 is 11.6 Å². The number of ether oxygens (including phenoxy) is 2. The van der Waals surface area contributed by atoms with Crippen LogP contribution in [0.4, 0.5) is 0 Å². The van der Waals surface area contributed by atoms with E-state index < -0.39 is 0 Å². The third kappa shape index (κ3) is 3.72. The Balaban J connectivity index is 1.96. The minimum Gasteiger partial charge on any atom is -0.489 e. The van der Waals surface area contributed by atoms with E-state index in [2.05, 4.69) is 19.1 Å². The van der Waals surface area contributed by atoms with Crippen molar-refractivity contribution in [2.45, 2.75) is 20.8 Å². The lowest BCUT2D eigenvalue weighted by atomic mass is 10.1. The summed E-state index contributed by atoms with van der Waals surface area (Å²) in [5, 5.41) is 9.58. The molecule has 114 valence electrons. The molecule has 0 saturated heterocycles. The van der Waals surface area contributed by atoms with Crippen molar-refractivity contribution in [2.24, 2.45) is 0 Å². The number of hydrogen-bond acceptors (Lipinski definition) is 3. The van der Waals surface area contributed by atoms with Gasteiger partial charge in [0.15, 0.2) is 0 Å². The Morgan fingerprint density at radius 2 is 1.68 bits per heavy atom. The number of rotatable bonds is 5. The Bertz CT molecular complexity index is 720. The van der Waals surface area contributed by atoms with Crippen LogP contribution in [0.5, 0.6) is 11.5 Å². The first kappa shape index (κ1) is 16.2. The molecule has 0 radical (unpaired) electrons. The zero-order chi connectivity index (χ0) is 16.1. The van der Waals surface area contributed by atoms with E-state index in [1.807, 2.05) is 19.9 Å². The monoisotopic (exact) mass is 315 g/mol. The molecule has 0 aliphatic heterocycles. The first-order valence-electron chi connectivity index (χ1n) is 7.05. The summed E-state index contributed by atoms with van der Waals surface area (Å²) in [5.74, 6) is 1.42. The van der Waals surface area contributed by atoms with Crippen LogP contribution in [-0.2, 0) is 0 Å². The number of halogens is 1. The molecule has 4 heteroatoms. The van der Waals surface area contributed by atoms with E-state index in [0.29, 0.717) is 29.5 Å². The van der Waals surface area contributed by atoms with Crippen molar-refractivity contribution in [1.29, 1.82) is 5.26 Å². The highest BCUT2D eigenvalue weighted by Gasteiger charge is 2.07. The average molecular weight is 316 g/mol. The van der Waals surface area contributed by atoms with E-state index in [-0.39, 0.29) is 0 Å². The lowest BCUT2D eigenvalue weighted by Gasteiger charge is -2.14. The van der Waals surface area contributed by atoms with Crippen LogP contribution in [0.15, 0.2) is 30.3 Å². The fourth-order valence-electron chi connectivity index (χ4n) is 2.16. The zero-order valence-electron chi connectivity index (χ0n) is 12.9. The van der Waals surface area contributed by atoms with Gasteiger partial charge in [-0.3, -0.25) is 0 Å². The molecule has 0 fully saturated rings. The molecule has 0 heterocycles. The lowest BCUT2D eigenvalue weighted by molar-refractivity contribution is 0.215. The number of nitrogens with zero attached hydrogens (tertiary/aromatic N) is 1. The van der Waals surface area contributed by atoms with Crippen LogP contribution in [0, 0.1) is 32.1 Å². The number of hydrogen-bond donors (Lipinski definition) is 0. The lowest BCUT2D eigenvalue weighted by Crippen LogP contribution is -2.11. The summed E-state index contributed by atoms with van der Waals surface area (Å²) in [4.78, 5) is 0. The molecule has 0 amide bonds. The largest absolute Gasteiger partial charge is 0.489 e. The Kier molecular flexibility index (Phi) is 5.30. The quantitative estimate of drug-likeness (QED) is 0.757. The van der Waals surface area contributed by atoms with Gasteiger partial charge in [-0.15, -0.1) is 0 Å². The smallest absolute Gasteiger partial charge is 0.137 e. The van der Waals surface area contributed by atoms with Crippen LogP contribution in [-0.4, -0.2) is 13.2 Å². The molecule has 3 nitrogen and oxygen atoms in total. The normalized spacial score (nSPS) is 10.1. The molecule has 2 rings (SSSR count). The van der Waals surface area contributed by atoms with Crippen molar-refractivity contribution >= 4 is 11.6 Å². The second kappa shape index (κ2) is 7.20. The molecular weight excluding hydrogens is 298 g/mol. The van der Waals surface area contributed by atoms with Crippen molar-refractivity contribution in [3.05, 3.63) is 57.6 Å². The van der Waals surface area contributed by atoms with Gasteiger partial charge in [-0.05, 0) is 55.7 Å². The summed E-state index contributed by atoms with van der Waals surface area (Å²) in [6.07, 6.45) is 0. The molecule has 0 saturated carbocycles. The Morgan fingerprint density at radius 1 is 1.00 bits per heavy atom. The van der Waals surface area contributed by atoms with Crippen molar-refractivity contribution < 1.29 is 9.47 Å². The van der Waals surface area contributed by atoms with Gasteiger partial charge in [0.25, 0.3) is 0 Å². The Hall–Kier alpha value is -2.18. The topological polar surface area (TPSA) is 42.2 Å². The molecular formula is C18H18ClNO2. The average Bonchev–Trinajstić information content (AvgIpc) is 2.51. The summed E-state index contributed by atoms with van der Waals surface area (Å²) in [6, 6.07) is 11.2. The van der Waals surface area contributed by atoms with Crippen LogP contribution < -0.4 is 9.47 Å². The summed E-state index contributed by atoms with van der Waals surface area (Å²) < 4.78 is 11.4. The van der Waals surface area contributed by atoms with Crippen LogP contribution in [0.25, 0.3) is 0 Å². The van der Waals surface area contributed by atoms with Crippen LogP contribution in [0.3, 0.4) is 0 Å². The van der Waals surface area contributed by atoms with Gasteiger partial charge in [-0.1, -0.05) is 23.7 Å². The summed E-state index contributed by atoms with van der Waals surface area (Å²) in [6.45, 7) is 6.91. The fourth-order valence-corrected chi connectivity index (χ4v) is 2.33. The van der Waals surface area contributed by atoms with E-state index in [9.17, 15) is 0 Å². The van der Waals surface area contributed by atoms with Crippen molar-refractivity contribution in [1.82, 2.24) is 0 Å². The number of nitriles is 1. The van der Waals surface area contributed by atoms with Gasteiger partial charge in [-0.2, -0.15) is 5.26 Å². The second-order valence-corrected chi connectivity index (χ2v) is 5.54. The van der Waals surface area contributed by atoms with E-state index in [0.717, 1.165) is 16.9 Å². The minimum atomic E-state index is 0.364.